The normalized spacial score (nSPS) is 15.3. The van der Waals surface area contributed by atoms with E-state index in [0.29, 0.717) is 17.4 Å². The van der Waals surface area contributed by atoms with Crippen molar-refractivity contribution in [1.29, 1.82) is 0 Å². The Morgan fingerprint density at radius 3 is 2.40 bits per heavy atom. The van der Waals surface area contributed by atoms with Crippen LogP contribution in [0, 0.1) is 5.92 Å². The highest BCUT2D eigenvalue weighted by Gasteiger charge is 2.21. The number of hydrogen-bond donors (Lipinski definition) is 0. The van der Waals surface area contributed by atoms with E-state index in [1.54, 1.807) is 0 Å². The van der Waals surface area contributed by atoms with Crippen molar-refractivity contribution in [3.8, 4) is 0 Å². The number of hydrogen-bond acceptors (Lipinski definition) is 2. The summed E-state index contributed by atoms with van der Waals surface area (Å²) in [6, 6.07) is 13.9. The summed E-state index contributed by atoms with van der Waals surface area (Å²) in [6.45, 7) is 3.15. The first-order chi connectivity index (χ1) is 14.0. The number of Topliss-reactive ketones (excluding diaryl/α,β-unsaturated/α-hetero) is 1. The lowest BCUT2D eigenvalue weighted by molar-refractivity contribution is 0.0963. The number of rotatable bonds is 6. The summed E-state index contributed by atoms with van der Waals surface area (Å²) in [6.07, 6.45) is 5.82. The van der Waals surface area contributed by atoms with E-state index in [4.69, 9.17) is 23.2 Å². The van der Waals surface area contributed by atoms with Gasteiger partial charge in [0.15, 0.2) is 5.78 Å². The second kappa shape index (κ2) is 10.2. The first-order valence-corrected chi connectivity index (χ1v) is 11.0. The second-order valence-corrected chi connectivity index (χ2v) is 9.00. The number of likely N-dealkylation sites (tertiary alicyclic amines) is 1. The van der Waals surface area contributed by atoms with E-state index in [-0.39, 0.29) is 18.2 Å². The van der Waals surface area contributed by atoms with Crippen LogP contribution in [0.4, 0.5) is 0 Å². The molecule has 0 amide bonds. The van der Waals surface area contributed by atoms with Crippen molar-refractivity contribution in [2.75, 3.05) is 13.1 Å². The summed E-state index contributed by atoms with van der Waals surface area (Å²) in [4.78, 5) is 15.4. The minimum atomic E-state index is 0. The van der Waals surface area contributed by atoms with Crippen molar-refractivity contribution >= 4 is 52.3 Å². The van der Waals surface area contributed by atoms with Crippen LogP contribution >= 0.6 is 35.6 Å². The smallest absolute Gasteiger partial charge is 0.165 e. The number of piperidine rings is 1. The van der Waals surface area contributed by atoms with Gasteiger partial charge in [-0.1, -0.05) is 35.3 Å². The Morgan fingerprint density at radius 2 is 1.70 bits per heavy atom. The number of ketones is 1. The molecule has 1 saturated heterocycles. The quantitative estimate of drug-likeness (QED) is 0.375. The Balaban J connectivity index is 0.00000256. The average Bonchev–Trinajstić information content (AvgIpc) is 3.05. The molecule has 4 rings (SSSR count). The number of carbonyl (C=O) groups excluding carboxylic acids is 1. The van der Waals surface area contributed by atoms with Gasteiger partial charge in [-0.2, -0.15) is 0 Å². The fourth-order valence-corrected chi connectivity index (χ4v) is 4.64. The van der Waals surface area contributed by atoms with Gasteiger partial charge in [0.2, 0.25) is 0 Å². The van der Waals surface area contributed by atoms with Crippen molar-refractivity contribution in [1.82, 2.24) is 9.47 Å². The van der Waals surface area contributed by atoms with E-state index in [0.717, 1.165) is 60.4 Å². The van der Waals surface area contributed by atoms with Crippen LogP contribution in [0.25, 0.3) is 10.9 Å². The van der Waals surface area contributed by atoms with Gasteiger partial charge in [0, 0.05) is 52.7 Å². The number of halogens is 3. The molecule has 0 saturated carbocycles. The van der Waals surface area contributed by atoms with Gasteiger partial charge in [-0.05, 0) is 74.2 Å². The maximum atomic E-state index is 12.9. The lowest BCUT2D eigenvalue weighted by Crippen LogP contribution is -2.33. The van der Waals surface area contributed by atoms with Gasteiger partial charge in [0.05, 0.1) is 0 Å². The van der Waals surface area contributed by atoms with Crippen molar-refractivity contribution in [2.24, 2.45) is 13.0 Å². The largest absolute Gasteiger partial charge is 0.350 e. The standard InChI is InChI=1S/C24H26Cl2N2O.ClH/c1-27-16-22(21-14-20(26)7-8-23(21)27)24(29)9-4-17-10-12-28(13-11-17)15-18-2-5-19(25)6-3-18;/h2-3,5-8,14,16-17H,4,9-13,15H2,1H3;1H. The predicted octanol–water partition coefficient (Wildman–Crippen LogP) is 6.78. The molecule has 3 nitrogen and oxygen atoms in total. The minimum absolute atomic E-state index is 0. The molecule has 0 N–H and O–H groups in total. The summed E-state index contributed by atoms with van der Waals surface area (Å²) >= 11 is 12.1. The van der Waals surface area contributed by atoms with E-state index in [2.05, 4.69) is 17.0 Å². The SMILES string of the molecule is Cl.Cn1cc(C(=O)CCC2CCN(Cc3ccc(Cl)cc3)CC2)c2cc(Cl)ccc21. The summed E-state index contributed by atoms with van der Waals surface area (Å²) < 4.78 is 2.01. The molecular formula is C24H27Cl3N2O. The van der Waals surface area contributed by atoms with Crippen LogP contribution in [0.3, 0.4) is 0 Å². The number of aryl methyl sites for hydroxylation is 1. The summed E-state index contributed by atoms with van der Waals surface area (Å²) in [5.74, 6) is 0.848. The predicted molar refractivity (Wildman–Crippen MR) is 128 cm³/mol. The first-order valence-electron chi connectivity index (χ1n) is 10.2. The summed E-state index contributed by atoms with van der Waals surface area (Å²) in [5, 5.41) is 2.42. The molecule has 1 aromatic heterocycles. The lowest BCUT2D eigenvalue weighted by atomic mass is 9.90. The van der Waals surface area contributed by atoms with E-state index in [1.807, 2.05) is 48.1 Å². The summed E-state index contributed by atoms with van der Waals surface area (Å²) in [7, 11) is 1.98. The van der Waals surface area contributed by atoms with Crippen LogP contribution < -0.4 is 0 Å². The van der Waals surface area contributed by atoms with Crippen LogP contribution in [0.1, 0.15) is 41.6 Å². The van der Waals surface area contributed by atoms with Crippen LogP contribution in [-0.2, 0) is 13.6 Å². The molecular weight excluding hydrogens is 439 g/mol. The Hall–Kier alpha value is -1.52. The first kappa shape index (κ1) is 23.1. The highest BCUT2D eigenvalue weighted by Crippen LogP contribution is 2.28. The number of fused-ring (bicyclic) bond motifs is 1. The lowest BCUT2D eigenvalue weighted by Gasteiger charge is -2.32. The van der Waals surface area contributed by atoms with E-state index in [9.17, 15) is 4.79 Å². The fourth-order valence-electron chi connectivity index (χ4n) is 4.34. The Bertz CT molecular complexity index is 1010. The number of carbonyl (C=O) groups is 1. The van der Waals surface area contributed by atoms with E-state index in [1.165, 1.54) is 5.56 Å². The average molecular weight is 466 g/mol. The van der Waals surface area contributed by atoms with Crippen molar-refractivity contribution in [3.05, 3.63) is 69.8 Å². The molecule has 0 aliphatic carbocycles. The van der Waals surface area contributed by atoms with E-state index >= 15 is 0 Å². The molecule has 0 unspecified atom stereocenters. The Morgan fingerprint density at radius 1 is 1.03 bits per heavy atom. The van der Waals surface area contributed by atoms with Crippen molar-refractivity contribution < 1.29 is 4.79 Å². The highest BCUT2D eigenvalue weighted by molar-refractivity contribution is 6.31. The third-order valence-electron chi connectivity index (χ3n) is 6.06. The topological polar surface area (TPSA) is 25.2 Å². The van der Waals surface area contributed by atoms with Gasteiger partial charge < -0.3 is 4.57 Å². The maximum Gasteiger partial charge on any atom is 0.165 e. The molecule has 6 heteroatoms. The Kier molecular flexibility index (Phi) is 7.86. The van der Waals surface area contributed by atoms with Crippen molar-refractivity contribution in [3.63, 3.8) is 0 Å². The van der Waals surface area contributed by atoms with Gasteiger partial charge in [-0.15, -0.1) is 12.4 Å². The number of aromatic nitrogens is 1. The van der Waals surface area contributed by atoms with Gasteiger partial charge >= 0.3 is 0 Å². The van der Waals surface area contributed by atoms with Gasteiger partial charge in [-0.3, -0.25) is 9.69 Å². The zero-order chi connectivity index (χ0) is 20.4. The fraction of sp³-hybridized carbons (Fsp3) is 0.375. The minimum Gasteiger partial charge on any atom is -0.350 e. The number of nitrogens with zero attached hydrogens (tertiary/aromatic N) is 2. The molecule has 1 fully saturated rings. The van der Waals surface area contributed by atoms with E-state index < -0.39 is 0 Å². The molecule has 0 bridgehead atoms. The molecule has 2 aromatic carbocycles. The zero-order valence-electron chi connectivity index (χ0n) is 17.1. The van der Waals surface area contributed by atoms with Gasteiger partial charge in [0.25, 0.3) is 0 Å². The molecule has 0 spiro atoms. The number of benzene rings is 2. The molecule has 2 heterocycles. The third-order valence-corrected chi connectivity index (χ3v) is 6.55. The Labute approximate surface area is 194 Å². The third kappa shape index (κ3) is 5.39. The van der Waals surface area contributed by atoms with Gasteiger partial charge in [-0.25, -0.2) is 0 Å². The molecule has 0 radical (unpaired) electrons. The van der Waals surface area contributed by atoms with Crippen LogP contribution in [-0.4, -0.2) is 28.3 Å². The zero-order valence-corrected chi connectivity index (χ0v) is 19.4. The monoisotopic (exact) mass is 464 g/mol. The molecule has 30 heavy (non-hydrogen) atoms. The molecule has 3 aromatic rings. The molecule has 160 valence electrons. The highest BCUT2D eigenvalue weighted by atomic mass is 35.5. The maximum absolute atomic E-state index is 12.9. The summed E-state index contributed by atoms with van der Waals surface area (Å²) in [5.41, 5.74) is 3.15. The van der Waals surface area contributed by atoms with Crippen LogP contribution in [0.2, 0.25) is 10.0 Å². The second-order valence-electron chi connectivity index (χ2n) is 8.12. The van der Waals surface area contributed by atoms with Crippen LogP contribution in [0.15, 0.2) is 48.7 Å². The molecule has 1 aliphatic heterocycles. The molecule has 1 aliphatic rings. The molecule has 0 atom stereocenters. The van der Waals surface area contributed by atoms with Crippen molar-refractivity contribution in [2.45, 2.75) is 32.2 Å². The van der Waals surface area contributed by atoms with Gasteiger partial charge in [0.1, 0.15) is 0 Å². The van der Waals surface area contributed by atoms with Crippen LogP contribution in [0.5, 0.6) is 0 Å².